The average molecular weight is 123 g/mol. The Kier molecular flexibility index (Phi) is 6.61. The van der Waals surface area contributed by atoms with Gasteiger partial charge < -0.3 is 0 Å². The molecular formula is C8H13N. The Labute approximate surface area is 57.2 Å². The van der Waals surface area contributed by atoms with Crippen LogP contribution in [0.15, 0.2) is 4.99 Å². The van der Waals surface area contributed by atoms with Gasteiger partial charge in [0.2, 0.25) is 0 Å². The van der Waals surface area contributed by atoms with Crippen LogP contribution in [0.25, 0.3) is 0 Å². The van der Waals surface area contributed by atoms with Crippen molar-refractivity contribution in [3.63, 3.8) is 0 Å². The molecule has 0 radical (unpaired) electrons. The van der Waals surface area contributed by atoms with E-state index in [1.54, 1.807) is 0 Å². The van der Waals surface area contributed by atoms with Gasteiger partial charge in [-0.25, -0.2) is 0 Å². The van der Waals surface area contributed by atoms with Crippen LogP contribution in [0.5, 0.6) is 0 Å². The van der Waals surface area contributed by atoms with Gasteiger partial charge in [0.15, 0.2) is 0 Å². The zero-order chi connectivity index (χ0) is 6.95. The van der Waals surface area contributed by atoms with Gasteiger partial charge in [0.05, 0.1) is 0 Å². The summed E-state index contributed by atoms with van der Waals surface area (Å²) in [7, 11) is 0. The molecule has 0 heterocycles. The van der Waals surface area contributed by atoms with Crippen LogP contribution < -0.4 is 0 Å². The first kappa shape index (κ1) is 8.23. The lowest BCUT2D eigenvalue weighted by atomic mass is 10.2. The van der Waals surface area contributed by atoms with Crippen LogP contribution in [0.2, 0.25) is 0 Å². The minimum Gasteiger partial charge on any atom is -0.298 e. The monoisotopic (exact) mass is 123 g/mol. The summed E-state index contributed by atoms with van der Waals surface area (Å²) in [5, 5.41) is 0. The van der Waals surface area contributed by atoms with Crippen LogP contribution in [0.4, 0.5) is 0 Å². The van der Waals surface area contributed by atoms with Gasteiger partial charge in [-0.1, -0.05) is 0 Å². The fraction of sp³-hybridized carbons (Fsp3) is 0.625. The van der Waals surface area contributed by atoms with E-state index in [1.807, 2.05) is 13.1 Å². The minimum absolute atomic E-state index is 0.871. The van der Waals surface area contributed by atoms with E-state index in [9.17, 15) is 0 Å². The first-order valence-corrected chi connectivity index (χ1v) is 3.33. The molecule has 0 fully saturated rings. The van der Waals surface area contributed by atoms with Crippen LogP contribution in [0.3, 0.4) is 0 Å². The molecule has 1 heteroatoms. The molecular weight excluding hydrogens is 110 g/mol. The number of rotatable bonds is 4. The lowest BCUT2D eigenvalue weighted by molar-refractivity contribution is 0.918. The number of terminal acetylenes is 1. The van der Waals surface area contributed by atoms with Crippen molar-refractivity contribution >= 4 is 6.21 Å². The van der Waals surface area contributed by atoms with E-state index in [0.717, 1.165) is 25.8 Å². The summed E-state index contributed by atoms with van der Waals surface area (Å²) in [5.41, 5.74) is 0. The number of nitrogens with zero attached hydrogens (tertiary/aromatic N) is 1. The third-order valence-electron chi connectivity index (χ3n) is 0.966. The number of aliphatic imine (C=N–C) groups is 1. The van der Waals surface area contributed by atoms with E-state index >= 15 is 0 Å². The van der Waals surface area contributed by atoms with Crippen molar-refractivity contribution in [3.8, 4) is 12.3 Å². The predicted octanol–water partition coefficient (Wildman–Crippen LogP) is 1.88. The van der Waals surface area contributed by atoms with Crippen LogP contribution in [-0.4, -0.2) is 12.8 Å². The largest absolute Gasteiger partial charge is 0.298 e. The van der Waals surface area contributed by atoms with E-state index in [1.165, 1.54) is 0 Å². The van der Waals surface area contributed by atoms with Gasteiger partial charge in [-0.2, -0.15) is 0 Å². The van der Waals surface area contributed by atoms with Crippen molar-refractivity contribution in [2.75, 3.05) is 6.54 Å². The number of unbranched alkanes of at least 4 members (excludes halogenated alkanes) is 2. The average Bonchev–Trinajstić information content (AvgIpc) is 1.89. The lowest BCUT2D eigenvalue weighted by Gasteiger charge is -1.85. The van der Waals surface area contributed by atoms with Gasteiger partial charge in [-0.05, 0) is 26.0 Å². The van der Waals surface area contributed by atoms with Gasteiger partial charge in [-0.15, -0.1) is 12.3 Å². The Hall–Kier alpha value is -0.770. The minimum atomic E-state index is 0.871. The normalized spacial score (nSPS) is 9.78. The summed E-state index contributed by atoms with van der Waals surface area (Å²) in [5.74, 6) is 2.58. The maximum absolute atomic E-state index is 5.05. The molecule has 0 aliphatic carbocycles. The third kappa shape index (κ3) is 7.23. The molecule has 9 heavy (non-hydrogen) atoms. The maximum Gasteiger partial charge on any atom is 0.0357 e. The highest BCUT2D eigenvalue weighted by Crippen LogP contribution is 1.89. The molecule has 0 aliphatic heterocycles. The van der Waals surface area contributed by atoms with Crippen LogP contribution in [0.1, 0.15) is 26.2 Å². The van der Waals surface area contributed by atoms with E-state index in [2.05, 4.69) is 10.9 Å². The Morgan fingerprint density at radius 2 is 2.44 bits per heavy atom. The SMILES string of the molecule is C#CCCCC=NCC. The zero-order valence-electron chi connectivity index (χ0n) is 5.93. The number of hydrogen-bond acceptors (Lipinski definition) is 1. The van der Waals surface area contributed by atoms with Crippen molar-refractivity contribution in [3.05, 3.63) is 0 Å². The molecule has 0 unspecified atom stereocenters. The second-order valence-electron chi connectivity index (χ2n) is 1.78. The highest BCUT2D eigenvalue weighted by atomic mass is 14.7. The first-order valence-electron chi connectivity index (χ1n) is 3.33. The molecule has 0 spiro atoms. The van der Waals surface area contributed by atoms with Crippen molar-refractivity contribution < 1.29 is 0 Å². The van der Waals surface area contributed by atoms with Crippen molar-refractivity contribution in [2.45, 2.75) is 26.2 Å². The van der Waals surface area contributed by atoms with Gasteiger partial charge in [0.25, 0.3) is 0 Å². The molecule has 1 nitrogen and oxygen atoms in total. The summed E-state index contributed by atoms with van der Waals surface area (Å²) in [4.78, 5) is 4.05. The smallest absolute Gasteiger partial charge is 0.0357 e. The molecule has 0 rings (SSSR count). The van der Waals surface area contributed by atoms with Crippen LogP contribution in [0, 0.1) is 12.3 Å². The summed E-state index contributed by atoms with van der Waals surface area (Å²) < 4.78 is 0. The van der Waals surface area contributed by atoms with E-state index in [0.29, 0.717) is 0 Å². The molecule has 0 saturated heterocycles. The Balaban J connectivity index is 2.92. The van der Waals surface area contributed by atoms with E-state index in [-0.39, 0.29) is 0 Å². The molecule has 0 aromatic rings. The summed E-state index contributed by atoms with van der Waals surface area (Å²) in [6, 6.07) is 0. The quantitative estimate of drug-likeness (QED) is 0.307. The molecule has 0 amide bonds. The molecule has 0 atom stereocenters. The zero-order valence-corrected chi connectivity index (χ0v) is 5.93. The molecule has 0 aliphatic rings. The third-order valence-corrected chi connectivity index (χ3v) is 0.966. The first-order chi connectivity index (χ1) is 4.41. The van der Waals surface area contributed by atoms with Gasteiger partial charge in [-0.3, -0.25) is 4.99 Å². The molecule has 0 aromatic carbocycles. The standard InChI is InChI=1S/C8H13N/c1-3-5-6-7-8-9-4-2/h1,8H,4-7H2,2H3. The van der Waals surface area contributed by atoms with Crippen molar-refractivity contribution in [1.29, 1.82) is 0 Å². The maximum atomic E-state index is 5.05. The second kappa shape index (κ2) is 7.23. The lowest BCUT2D eigenvalue weighted by Crippen LogP contribution is -1.76. The predicted molar refractivity (Wildman–Crippen MR) is 41.7 cm³/mol. The van der Waals surface area contributed by atoms with E-state index in [4.69, 9.17) is 6.42 Å². The molecule has 50 valence electrons. The van der Waals surface area contributed by atoms with E-state index < -0.39 is 0 Å². The Morgan fingerprint density at radius 1 is 1.67 bits per heavy atom. The van der Waals surface area contributed by atoms with Gasteiger partial charge in [0.1, 0.15) is 0 Å². The fourth-order valence-corrected chi connectivity index (χ4v) is 0.516. The Morgan fingerprint density at radius 3 is 3.00 bits per heavy atom. The molecule has 0 N–H and O–H groups in total. The topological polar surface area (TPSA) is 12.4 Å². The fourth-order valence-electron chi connectivity index (χ4n) is 0.516. The van der Waals surface area contributed by atoms with Crippen LogP contribution in [-0.2, 0) is 0 Å². The molecule has 0 bridgehead atoms. The summed E-state index contributed by atoms with van der Waals surface area (Å²) in [6.07, 6.45) is 9.96. The highest BCUT2D eigenvalue weighted by Gasteiger charge is 1.77. The van der Waals surface area contributed by atoms with Crippen LogP contribution >= 0.6 is 0 Å². The second-order valence-corrected chi connectivity index (χ2v) is 1.78. The van der Waals surface area contributed by atoms with Gasteiger partial charge in [0, 0.05) is 13.0 Å². The Bertz CT molecular complexity index is 108. The highest BCUT2D eigenvalue weighted by molar-refractivity contribution is 5.56. The molecule has 0 aromatic heterocycles. The van der Waals surface area contributed by atoms with Crippen molar-refractivity contribution in [1.82, 2.24) is 0 Å². The van der Waals surface area contributed by atoms with Gasteiger partial charge >= 0.3 is 0 Å². The summed E-state index contributed by atoms with van der Waals surface area (Å²) >= 11 is 0. The summed E-state index contributed by atoms with van der Waals surface area (Å²) in [6.45, 7) is 2.91. The number of hydrogen-bond donors (Lipinski definition) is 0. The molecule has 0 saturated carbocycles. The van der Waals surface area contributed by atoms with Crippen molar-refractivity contribution in [2.24, 2.45) is 4.99 Å².